The molecular weight excluding hydrogens is 364 g/mol. The van der Waals surface area contributed by atoms with Crippen LogP contribution in [-0.4, -0.2) is 46.4 Å². The first kappa shape index (κ1) is 19.3. The van der Waals surface area contributed by atoms with Crippen molar-refractivity contribution in [1.29, 1.82) is 0 Å². The highest BCUT2D eigenvalue weighted by Crippen LogP contribution is 2.28. The van der Waals surface area contributed by atoms with Crippen molar-refractivity contribution in [3.63, 3.8) is 0 Å². The molecule has 1 aliphatic rings. The number of likely N-dealkylation sites (tertiary alicyclic amines) is 1. The molecule has 1 saturated heterocycles. The van der Waals surface area contributed by atoms with Crippen LogP contribution in [0.5, 0.6) is 5.75 Å². The number of hydrogen-bond donors (Lipinski definition) is 1. The first-order chi connectivity index (χ1) is 14.1. The second kappa shape index (κ2) is 8.57. The first-order valence-electron chi connectivity index (χ1n) is 10.1. The number of rotatable bonds is 6. The van der Waals surface area contributed by atoms with Crippen LogP contribution in [0.1, 0.15) is 37.0 Å². The number of piperidine rings is 1. The molecule has 0 bridgehead atoms. The molecule has 0 amide bonds. The molecule has 0 saturated carbocycles. The summed E-state index contributed by atoms with van der Waals surface area (Å²) in [5.74, 6) is 1.30. The predicted octanol–water partition coefficient (Wildman–Crippen LogP) is 4.44. The summed E-state index contributed by atoms with van der Waals surface area (Å²) in [5.41, 5.74) is 2.27. The van der Waals surface area contributed by atoms with Crippen LogP contribution in [0.4, 0.5) is 11.6 Å². The number of nitrogens with zero attached hydrogens (tertiary/aromatic N) is 3. The fraction of sp³-hybridized carbons (Fsp3) is 0.348. The van der Waals surface area contributed by atoms with Crippen LogP contribution < -0.4 is 10.1 Å². The average Bonchev–Trinajstić information content (AvgIpc) is 2.75. The van der Waals surface area contributed by atoms with Gasteiger partial charge in [-0.05, 0) is 57.0 Å². The molecule has 1 aromatic heterocycles. The highest BCUT2D eigenvalue weighted by atomic mass is 16.5. The van der Waals surface area contributed by atoms with Crippen molar-refractivity contribution in [2.45, 2.75) is 38.8 Å². The zero-order valence-electron chi connectivity index (χ0n) is 16.8. The lowest BCUT2D eigenvalue weighted by atomic mass is 10.1. The number of aldehydes is 1. The van der Waals surface area contributed by atoms with Crippen molar-refractivity contribution < 1.29 is 9.53 Å². The zero-order chi connectivity index (χ0) is 20.2. The molecule has 0 atom stereocenters. The van der Waals surface area contributed by atoms with Gasteiger partial charge in [0.15, 0.2) is 0 Å². The van der Waals surface area contributed by atoms with Crippen molar-refractivity contribution in [3.8, 4) is 5.75 Å². The Morgan fingerprint density at radius 1 is 1.14 bits per heavy atom. The van der Waals surface area contributed by atoms with Crippen molar-refractivity contribution in [3.05, 3.63) is 54.2 Å². The van der Waals surface area contributed by atoms with E-state index in [0.717, 1.165) is 54.6 Å². The maximum Gasteiger partial charge on any atom is 0.227 e. The Bertz CT molecular complexity index is 980. The quantitative estimate of drug-likeness (QED) is 0.628. The number of ether oxygens (including phenoxy) is 1. The number of anilines is 2. The van der Waals surface area contributed by atoms with E-state index in [1.54, 1.807) is 18.3 Å². The van der Waals surface area contributed by atoms with Crippen LogP contribution in [0, 0.1) is 0 Å². The molecular formula is C23H26N4O2. The third-order valence-corrected chi connectivity index (χ3v) is 5.38. The van der Waals surface area contributed by atoms with E-state index in [1.807, 2.05) is 30.3 Å². The van der Waals surface area contributed by atoms with E-state index in [0.29, 0.717) is 17.6 Å². The topological polar surface area (TPSA) is 67.3 Å². The Hall–Kier alpha value is -2.99. The van der Waals surface area contributed by atoms with Crippen molar-refractivity contribution >= 4 is 28.8 Å². The van der Waals surface area contributed by atoms with Crippen molar-refractivity contribution in [2.75, 3.05) is 18.4 Å². The molecule has 29 heavy (non-hydrogen) atoms. The summed E-state index contributed by atoms with van der Waals surface area (Å²) >= 11 is 0. The molecule has 0 unspecified atom stereocenters. The van der Waals surface area contributed by atoms with E-state index in [4.69, 9.17) is 9.72 Å². The lowest BCUT2D eigenvalue weighted by Gasteiger charge is -2.34. The number of fused-ring (bicyclic) bond motifs is 1. The van der Waals surface area contributed by atoms with Gasteiger partial charge in [0, 0.05) is 42.0 Å². The molecule has 150 valence electrons. The van der Waals surface area contributed by atoms with Gasteiger partial charge in [-0.15, -0.1) is 0 Å². The Morgan fingerprint density at radius 3 is 2.59 bits per heavy atom. The minimum absolute atomic E-state index is 0.206. The SMILES string of the molecule is CC(C)N1CCC(Oc2cccc3cnc(Nc4ccc(C=O)cc4)nc23)CC1. The molecule has 1 aliphatic heterocycles. The molecule has 0 aliphatic carbocycles. The highest BCUT2D eigenvalue weighted by Gasteiger charge is 2.22. The number of hydrogen-bond acceptors (Lipinski definition) is 6. The molecule has 0 spiro atoms. The number of para-hydroxylation sites is 1. The van der Waals surface area contributed by atoms with Gasteiger partial charge in [-0.1, -0.05) is 12.1 Å². The van der Waals surface area contributed by atoms with Gasteiger partial charge in [0.25, 0.3) is 0 Å². The number of nitrogens with one attached hydrogen (secondary N) is 1. The lowest BCUT2D eigenvalue weighted by Crippen LogP contribution is -2.41. The monoisotopic (exact) mass is 390 g/mol. The summed E-state index contributed by atoms with van der Waals surface area (Å²) in [7, 11) is 0. The minimum atomic E-state index is 0.206. The van der Waals surface area contributed by atoms with Gasteiger partial charge >= 0.3 is 0 Å². The molecule has 1 fully saturated rings. The second-order valence-electron chi connectivity index (χ2n) is 7.70. The van der Waals surface area contributed by atoms with Crippen LogP contribution in [0.2, 0.25) is 0 Å². The van der Waals surface area contributed by atoms with Crippen LogP contribution in [-0.2, 0) is 0 Å². The largest absolute Gasteiger partial charge is 0.488 e. The summed E-state index contributed by atoms with van der Waals surface area (Å²) in [6.45, 7) is 6.60. The summed E-state index contributed by atoms with van der Waals surface area (Å²) in [4.78, 5) is 22.4. The van der Waals surface area contributed by atoms with Gasteiger partial charge in [-0.3, -0.25) is 4.79 Å². The minimum Gasteiger partial charge on any atom is -0.488 e. The van der Waals surface area contributed by atoms with Crippen LogP contribution in [0.3, 0.4) is 0 Å². The van der Waals surface area contributed by atoms with E-state index in [2.05, 4.69) is 29.0 Å². The molecule has 0 radical (unpaired) electrons. The molecule has 4 rings (SSSR count). The van der Waals surface area contributed by atoms with E-state index < -0.39 is 0 Å². The van der Waals surface area contributed by atoms with Crippen LogP contribution in [0.25, 0.3) is 10.9 Å². The standard InChI is InChI=1S/C23H26N4O2/c1-16(2)27-12-10-20(11-13-27)29-21-5-3-4-18-14-24-23(26-22(18)21)25-19-8-6-17(15-28)7-9-19/h3-9,14-16,20H,10-13H2,1-2H3,(H,24,25,26). The Morgan fingerprint density at radius 2 is 1.90 bits per heavy atom. The highest BCUT2D eigenvalue weighted by molar-refractivity contribution is 5.85. The van der Waals surface area contributed by atoms with Crippen LogP contribution >= 0.6 is 0 Å². The average molecular weight is 390 g/mol. The third-order valence-electron chi connectivity index (χ3n) is 5.38. The third kappa shape index (κ3) is 4.54. The van der Waals surface area contributed by atoms with Gasteiger partial charge in [-0.2, -0.15) is 0 Å². The van der Waals surface area contributed by atoms with Gasteiger partial charge in [-0.25, -0.2) is 9.97 Å². The van der Waals surface area contributed by atoms with E-state index in [9.17, 15) is 4.79 Å². The number of aromatic nitrogens is 2. The Kier molecular flexibility index (Phi) is 5.71. The van der Waals surface area contributed by atoms with Gasteiger partial charge in [0.05, 0.1) is 0 Å². The lowest BCUT2D eigenvalue weighted by molar-refractivity contribution is 0.0852. The molecule has 3 aromatic rings. The van der Waals surface area contributed by atoms with Gasteiger partial charge in [0.1, 0.15) is 23.7 Å². The number of benzene rings is 2. The maximum atomic E-state index is 10.8. The van der Waals surface area contributed by atoms with Crippen molar-refractivity contribution in [2.24, 2.45) is 0 Å². The molecule has 6 nitrogen and oxygen atoms in total. The summed E-state index contributed by atoms with van der Waals surface area (Å²) in [5, 5.41) is 4.14. The number of carbonyl (C=O) groups excluding carboxylic acids is 1. The van der Waals surface area contributed by atoms with Gasteiger partial charge in [0.2, 0.25) is 5.95 Å². The first-order valence-corrected chi connectivity index (χ1v) is 10.1. The molecule has 1 N–H and O–H groups in total. The summed E-state index contributed by atoms with van der Waals surface area (Å²) in [6.07, 6.45) is 4.88. The second-order valence-corrected chi connectivity index (χ2v) is 7.70. The maximum absolute atomic E-state index is 10.8. The molecule has 2 aromatic carbocycles. The van der Waals surface area contributed by atoms with E-state index in [-0.39, 0.29) is 6.10 Å². The Labute approximate surface area is 170 Å². The van der Waals surface area contributed by atoms with Gasteiger partial charge < -0.3 is 15.0 Å². The Balaban J connectivity index is 1.52. The number of carbonyl (C=O) groups is 1. The predicted molar refractivity (Wildman–Crippen MR) is 115 cm³/mol. The normalized spacial score (nSPS) is 15.6. The van der Waals surface area contributed by atoms with E-state index in [1.165, 1.54) is 0 Å². The fourth-order valence-corrected chi connectivity index (χ4v) is 3.65. The summed E-state index contributed by atoms with van der Waals surface area (Å²) in [6, 6.07) is 13.7. The molecule has 6 heteroatoms. The summed E-state index contributed by atoms with van der Waals surface area (Å²) < 4.78 is 6.35. The van der Waals surface area contributed by atoms with Crippen LogP contribution in [0.15, 0.2) is 48.7 Å². The van der Waals surface area contributed by atoms with Crippen molar-refractivity contribution in [1.82, 2.24) is 14.9 Å². The molecule has 2 heterocycles. The smallest absolute Gasteiger partial charge is 0.227 e. The fourth-order valence-electron chi connectivity index (χ4n) is 3.65. The van der Waals surface area contributed by atoms with E-state index >= 15 is 0 Å². The zero-order valence-corrected chi connectivity index (χ0v) is 16.8.